The first kappa shape index (κ1) is 18.1. The summed E-state index contributed by atoms with van der Waals surface area (Å²) in [6.07, 6.45) is 0.532. The fraction of sp³-hybridized carbons (Fsp3) is 0.263. The number of carbonyl (C=O) groups excluding carboxylic acids is 2. The van der Waals surface area contributed by atoms with E-state index in [0.29, 0.717) is 29.9 Å². The topological polar surface area (TPSA) is 83.5 Å². The number of nitrogens with one attached hydrogen (secondary N) is 1. The van der Waals surface area contributed by atoms with Crippen LogP contribution in [0.3, 0.4) is 0 Å². The molecule has 1 heterocycles. The number of para-hydroxylation sites is 1. The Kier molecular flexibility index (Phi) is 5.08. The largest absolute Gasteiger partial charge is 0.326 e. The van der Waals surface area contributed by atoms with Crippen molar-refractivity contribution in [3.05, 3.63) is 59.7 Å². The predicted octanol–water partition coefficient (Wildman–Crippen LogP) is 2.61. The van der Waals surface area contributed by atoms with Crippen LogP contribution in [0.5, 0.6) is 0 Å². The maximum absolute atomic E-state index is 12.6. The van der Waals surface area contributed by atoms with E-state index in [0.717, 1.165) is 5.56 Å². The number of hydrogen-bond acceptors (Lipinski definition) is 4. The summed E-state index contributed by atoms with van der Waals surface area (Å²) in [5, 5.41) is 2.65. The molecule has 3 rings (SSSR count). The highest BCUT2D eigenvalue weighted by molar-refractivity contribution is 7.92. The number of carbonyl (C=O) groups is 2. The van der Waals surface area contributed by atoms with Crippen LogP contribution in [0, 0.1) is 0 Å². The Morgan fingerprint density at radius 3 is 2.65 bits per heavy atom. The molecule has 0 saturated heterocycles. The van der Waals surface area contributed by atoms with Gasteiger partial charge in [0.2, 0.25) is 15.9 Å². The van der Waals surface area contributed by atoms with Gasteiger partial charge >= 0.3 is 0 Å². The molecule has 136 valence electrons. The van der Waals surface area contributed by atoms with Crippen LogP contribution in [0.15, 0.2) is 48.5 Å². The standard InChI is InChI=1S/C19H20N2O4S/c1-14(22)16-6-4-7-17(13-16)20-19(23)10-12-26(24,25)21-11-9-15-5-2-3-8-18(15)21/h2-8,13H,9-12H2,1H3,(H,20,23). The number of benzene rings is 2. The molecule has 1 aliphatic rings. The Morgan fingerprint density at radius 2 is 1.88 bits per heavy atom. The minimum atomic E-state index is -3.56. The molecule has 0 bridgehead atoms. The fourth-order valence-corrected chi connectivity index (χ4v) is 4.48. The Bertz CT molecular complexity index is 954. The van der Waals surface area contributed by atoms with E-state index in [1.54, 1.807) is 36.4 Å². The Hall–Kier alpha value is -2.67. The zero-order valence-electron chi connectivity index (χ0n) is 14.4. The molecule has 0 spiro atoms. The van der Waals surface area contributed by atoms with Crippen molar-refractivity contribution in [2.75, 3.05) is 21.9 Å². The van der Waals surface area contributed by atoms with Gasteiger partial charge in [-0.2, -0.15) is 0 Å². The summed E-state index contributed by atoms with van der Waals surface area (Å²) in [6, 6.07) is 14.0. The second-order valence-electron chi connectivity index (χ2n) is 6.20. The SMILES string of the molecule is CC(=O)c1cccc(NC(=O)CCS(=O)(=O)N2CCc3ccccc32)c1. The summed E-state index contributed by atoms with van der Waals surface area (Å²) in [5.74, 6) is -0.766. The second-order valence-corrected chi connectivity index (χ2v) is 8.21. The molecule has 0 unspecified atom stereocenters. The third-order valence-corrected chi connectivity index (χ3v) is 6.09. The van der Waals surface area contributed by atoms with Crippen LogP contribution in [0.1, 0.15) is 29.3 Å². The highest BCUT2D eigenvalue weighted by Gasteiger charge is 2.29. The van der Waals surface area contributed by atoms with Gasteiger partial charge in [0.25, 0.3) is 0 Å². The quantitative estimate of drug-likeness (QED) is 0.790. The molecular formula is C19H20N2O4S. The second kappa shape index (κ2) is 7.29. The number of fused-ring (bicyclic) bond motifs is 1. The van der Waals surface area contributed by atoms with Crippen molar-refractivity contribution in [1.82, 2.24) is 0 Å². The minimum Gasteiger partial charge on any atom is -0.326 e. The first-order valence-electron chi connectivity index (χ1n) is 8.36. The molecule has 0 atom stereocenters. The van der Waals surface area contributed by atoms with E-state index < -0.39 is 15.9 Å². The van der Waals surface area contributed by atoms with Crippen LogP contribution >= 0.6 is 0 Å². The van der Waals surface area contributed by atoms with Gasteiger partial charge in [-0.3, -0.25) is 13.9 Å². The van der Waals surface area contributed by atoms with E-state index in [2.05, 4.69) is 5.32 Å². The van der Waals surface area contributed by atoms with Crippen LogP contribution in [0.25, 0.3) is 0 Å². The third-order valence-electron chi connectivity index (χ3n) is 4.32. The van der Waals surface area contributed by atoms with E-state index in [1.807, 2.05) is 12.1 Å². The number of ketones is 1. The zero-order chi connectivity index (χ0) is 18.7. The van der Waals surface area contributed by atoms with E-state index in [1.165, 1.54) is 11.2 Å². The lowest BCUT2D eigenvalue weighted by Crippen LogP contribution is -2.32. The number of hydrogen-bond donors (Lipinski definition) is 1. The van der Waals surface area contributed by atoms with Gasteiger partial charge < -0.3 is 5.32 Å². The fourth-order valence-electron chi connectivity index (χ4n) is 2.97. The zero-order valence-corrected chi connectivity index (χ0v) is 15.3. The van der Waals surface area contributed by atoms with Crippen molar-refractivity contribution in [3.63, 3.8) is 0 Å². The molecule has 2 aromatic rings. The number of sulfonamides is 1. The molecule has 2 aromatic carbocycles. The highest BCUT2D eigenvalue weighted by atomic mass is 32.2. The van der Waals surface area contributed by atoms with Gasteiger partial charge in [0.15, 0.2) is 5.78 Å². The number of Topliss-reactive ketones (excluding diaryl/α,β-unsaturated/α-hetero) is 1. The molecule has 0 aromatic heterocycles. The van der Waals surface area contributed by atoms with E-state index >= 15 is 0 Å². The van der Waals surface area contributed by atoms with Gasteiger partial charge in [0, 0.05) is 24.2 Å². The van der Waals surface area contributed by atoms with Crippen LogP contribution in [0.4, 0.5) is 11.4 Å². The number of anilines is 2. The van der Waals surface area contributed by atoms with Gasteiger partial charge in [-0.1, -0.05) is 30.3 Å². The molecule has 0 fully saturated rings. The molecule has 0 aliphatic carbocycles. The van der Waals surface area contributed by atoms with Gasteiger partial charge in [-0.15, -0.1) is 0 Å². The lowest BCUT2D eigenvalue weighted by molar-refractivity contribution is -0.115. The van der Waals surface area contributed by atoms with Gasteiger partial charge in [-0.05, 0) is 37.1 Å². The lowest BCUT2D eigenvalue weighted by Gasteiger charge is -2.19. The minimum absolute atomic E-state index is 0.101. The average Bonchev–Trinajstić information content (AvgIpc) is 3.05. The Labute approximate surface area is 152 Å². The van der Waals surface area contributed by atoms with Crippen molar-refractivity contribution < 1.29 is 18.0 Å². The predicted molar refractivity (Wildman–Crippen MR) is 101 cm³/mol. The third kappa shape index (κ3) is 3.94. The number of nitrogens with zero attached hydrogens (tertiary/aromatic N) is 1. The van der Waals surface area contributed by atoms with Crippen LogP contribution in [-0.4, -0.2) is 32.4 Å². The molecule has 1 amide bonds. The highest BCUT2D eigenvalue weighted by Crippen LogP contribution is 2.30. The first-order valence-corrected chi connectivity index (χ1v) is 9.97. The monoisotopic (exact) mass is 372 g/mol. The maximum Gasteiger partial charge on any atom is 0.235 e. The summed E-state index contributed by atoms with van der Waals surface area (Å²) < 4.78 is 26.6. The molecule has 0 radical (unpaired) electrons. The number of rotatable bonds is 6. The van der Waals surface area contributed by atoms with Gasteiger partial charge in [-0.25, -0.2) is 8.42 Å². The van der Waals surface area contributed by atoms with Gasteiger partial charge in [0.1, 0.15) is 0 Å². The normalized spacial score (nSPS) is 13.3. The summed E-state index contributed by atoms with van der Waals surface area (Å²) >= 11 is 0. The molecule has 6 nitrogen and oxygen atoms in total. The summed E-state index contributed by atoms with van der Waals surface area (Å²) in [5.41, 5.74) is 2.67. The molecule has 26 heavy (non-hydrogen) atoms. The maximum atomic E-state index is 12.6. The summed E-state index contributed by atoms with van der Waals surface area (Å²) in [6.45, 7) is 1.85. The number of amides is 1. The molecule has 0 saturated carbocycles. The molecular weight excluding hydrogens is 352 g/mol. The molecule has 1 aliphatic heterocycles. The Morgan fingerprint density at radius 1 is 1.12 bits per heavy atom. The lowest BCUT2D eigenvalue weighted by atomic mass is 10.1. The van der Waals surface area contributed by atoms with Crippen molar-refractivity contribution >= 4 is 33.1 Å². The van der Waals surface area contributed by atoms with Crippen molar-refractivity contribution in [1.29, 1.82) is 0 Å². The van der Waals surface area contributed by atoms with Crippen molar-refractivity contribution in [2.45, 2.75) is 19.8 Å². The smallest absolute Gasteiger partial charge is 0.235 e. The average molecular weight is 372 g/mol. The molecule has 1 N–H and O–H groups in total. The van der Waals surface area contributed by atoms with Gasteiger partial charge in [0.05, 0.1) is 11.4 Å². The van der Waals surface area contributed by atoms with E-state index in [9.17, 15) is 18.0 Å². The van der Waals surface area contributed by atoms with Crippen molar-refractivity contribution in [2.24, 2.45) is 0 Å². The van der Waals surface area contributed by atoms with Crippen LogP contribution in [-0.2, 0) is 21.2 Å². The summed E-state index contributed by atoms with van der Waals surface area (Å²) in [4.78, 5) is 23.5. The van der Waals surface area contributed by atoms with Crippen LogP contribution < -0.4 is 9.62 Å². The van der Waals surface area contributed by atoms with Crippen molar-refractivity contribution in [3.8, 4) is 0 Å². The summed E-state index contributed by atoms with van der Waals surface area (Å²) in [7, 11) is -3.56. The first-order chi connectivity index (χ1) is 12.4. The Balaban J connectivity index is 1.62. The van der Waals surface area contributed by atoms with E-state index in [-0.39, 0.29) is 18.0 Å². The van der Waals surface area contributed by atoms with E-state index in [4.69, 9.17) is 0 Å². The molecule has 7 heteroatoms. The van der Waals surface area contributed by atoms with Crippen LogP contribution in [0.2, 0.25) is 0 Å².